The summed E-state index contributed by atoms with van der Waals surface area (Å²) in [6, 6.07) is -0.929. The van der Waals surface area contributed by atoms with Gasteiger partial charge in [0.25, 0.3) is 0 Å². The molecule has 0 N–H and O–H groups in total. The van der Waals surface area contributed by atoms with Gasteiger partial charge in [0.15, 0.2) is 0 Å². The van der Waals surface area contributed by atoms with Gasteiger partial charge >= 0.3 is 12.0 Å². The van der Waals surface area contributed by atoms with Gasteiger partial charge in [-0.25, -0.2) is 4.79 Å². The zero-order valence-electron chi connectivity index (χ0n) is 4.72. The number of nitrogens with zero attached hydrogens (tertiary/aromatic N) is 4. The van der Waals surface area contributed by atoms with Crippen molar-refractivity contribution in [3.05, 3.63) is 10.1 Å². The Hall–Kier alpha value is -1.04. The van der Waals surface area contributed by atoms with Crippen LogP contribution in [0.5, 0.6) is 0 Å². The van der Waals surface area contributed by atoms with Crippen LogP contribution in [0.25, 0.3) is 0 Å². The van der Waals surface area contributed by atoms with E-state index in [0.29, 0.717) is 0 Å². The molecule has 1 heterocycles. The second-order valence-electron chi connectivity index (χ2n) is 1.15. The molecule has 8 heteroatoms. The first-order valence-corrected chi connectivity index (χ1v) is 1.89. The molecule has 1 aliphatic rings. The molecule has 0 spiro atoms. The fourth-order valence-electron chi connectivity index (χ4n) is 0.295. The third-order valence-electron chi connectivity index (χ3n) is 0.584. The summed E-state index contributed by atoms with van der Waals surface area (Å²) in [6.07, 6.45) is 0. The van der Waals surface area contributed by atoms with Crippen LogP contribution in [0, 0.1) is 10.1 Å². The van der Waals surface area contributed by atoms with E-state index in [-0.39, 0.29) is 19.5 Å². The molecule has 0 aromatic rings. The Morgan fingerprint density at radius 2 is 2.00 bits per heavy atom. The van der Waals surface area contributed by atoms with Crippen molar-refractivity contribution in [3.8, 4) is 0 Å². The average Bonchev–Trinajstić information content (AvgIpc) is 2.14. The van der Waals surface area contributed by atoms with Crippen molar-refractivity contribution in [2.75, 3.05) is 0 Å². The molecule has 0 aliphatic carbocycles. The first kappa shape index (κ1) is 8.96. The molecule has 0 saturated carbocycles. The van der Waals surface area contributed by atoms with Gasteiger partial charge in [-0.15, -0.1) is 0 Å². The Bertz CT molecular complexity index is 233. The maximum atomic E-state index is 10.0. The summed E-state index contributed by atoms with van der Waals surface area (Å²) in [5, 5.41) is 15.3. The van der Waals surface area contributed by atoms with Gasteiger partial charge in [-0.1, -0.05) is 0 Å². The largest absolute Gasteiger partial charge is 0.496 e. The Morgan fingerprint density at radius 1 is 1.40 bits per heavy atom. The molecule has 0 radical (unpaired) electrons. The number of rotatable bonds is 0. The zero-order chi connectivity index (χ0) is 6.85. The van der Waals surface area contributed by atoms with E-state index in [1.165, 1.54) is 0 Å². The van der Waals surface area contributed by atoms with Gasteiger partial charge in [0.05, 0.1) is 5.11 Å². The molecular weight excluding hydrogens is 193 g/mol. The van der Waals surface area contributed by atoms with E-state index in [1.54, 1.807) is 0 Å². The predicted octanol–water partition coefficient (Wildman–Crippen LogP) is 0.202. The molecule has 0 fully saturated rings. The summed E-state index contributed by atoms with van der Waals surface area (Å²) >= 11 is 0. The Kier molecular flexibility index (Phi) is 2.88. The fraction of sp³-hybridized carbons (Fsp3) is 0. The van der Waals surface area contributed by atoms with E-state index < -0.39 is 16.9 Å². The van der Waals surface area contributed by atoms with Crippen molar-refractivity contribution in [1.82, 2.24) is 0 Å². The molecule has 0 bridgehead atoms. The number of aliphatic imine (C=N–C) groups is 1. The number of nitro groups is 1. The topological polar surface area (TPSA) is 97.3 Å². The first-order chi connectivity index (χ1) is 4.20. The van der Waals surface area contributed by atoms with Gasteiger partial charge in [-0.05, 0) is 4.92 Å². The molecule has 0 unspecified atom stereocenters. The molecule has 0 aromatic carbocycles. The van der Waals surface area contributed by atoms with Gasteiger partial charge in [-0.2, -0.15) is 0 Å². The van der Waals surface area contributed by atoms with Crippen molar-refractivity contribution in [3.63, 3.8) is 0 Å². The number of hydrogen-bond donors (Lipinski definition) is 0. The number of azo groups is 1. The van der Waals surface area contributed by atoms with Gasteiger partial charge in [0.1, 0.15) is 0 Å². The quantitative estimate of drug-likeness (QED) is 0.312. The molecule has 10 heavy (non-hydrogen) atoms. The average molecular weight is 193 g/mol. The standard InChI is InChI=1S/C2N4O3.Zn/c7-2-3-1(4-5-2)6(8)9;. The number of guanidine groups is 1. The van der Waals surface area contributed by atoms with E-state index in [9.17, 15) is 14.9 Å². The molecular formula is C2N4O3Zn. The minimum Gasteiger partial charge on any atom is -0.390 e. The summed E-state index contributed by atoms with van der Waals surface area (Å²) in [6.45, 7) is 0. The Labute approximate surface area is 67.1 Å². The van der Waals surface area contributed by atoms with Crippen LogP contribution in [0.4, 0.5) is 4.79 Å². The second kappa shape index (κ2) is 3.21. The van der Waals surface area contributed by atoms with Gasteiger partial charge in [0, 0.05) is 29.6 Å². The smallest absolute Gasteiger partial charge is 0.390 e. The molecule has 0 saturated heterocycles. The van der Waals surface area contributed by atoms with Gasteiger partial charge < -0.3 is 10.1 Å². The van der Waals surface area contributed by atoms with Crippen molar-refractivity contribution in [2.24, 2.45) is 15.2 Å². The summed E-state index contributed by atoms with van der Waals surface area (Å²) in [4.78, 5) is 21.7. The number of urea groups is 1. The first-order valence-electron chi connectivity index (χ1n) is 1.89. The van der Waals surface area contributed by atoms with Crippen molar-refractivity contribution in [2.45, 2.75) is 0 Å². The van der Waals surface area contributed by atoms with Crippen LogP contribution < -0.4 is 0 Å². The second-order valence-corrected chi connectivity index (χ2v) is 1.15. The van der Waals surface area contributed by atoms with Crippen LogP contribution in [-0.4, -0.2) is 16.9 Å². The SMILES string of the molecule is O=C1N=NC([N+](=O)[O-])=N1.[Zn]. The summed E-state index contributed by atoms with van der Waals surface area (Å²) in [5.74, 6) is -0.750. The number of carbonyl (C=O) groups excluding carboxylic acids is 1. The van der Waals surface area contributed by atoms with E-state index in [2.05, 4.69) is 15.2 Å². The molecule has 2 amide bonds. The number of hydrogen-bond acceptors (Lipinski definition) is 4. The van der Waals surface area contributed by atoms with E-state index in [4.69, 9.17) is 0 Å². The maximum absolute atomic E-state index is 10.0. The molecule has 0 aromatic heterocycles. The summed E-state index contributed by atoms with van der Waals surface area (Å²) in [5.41, 5.74) is 0. The van der Waals surface area contributed by atoms with E-state index in [0.717, 1.165) is 0 Å². The van der Waals surface area contributed by atoms with Crippen molar-refractivity contribution < 1.29 is 29.2 Å². The van der Waals surface area contributed by atoms with Crippen molar-refractivity contribution in [1.29, 1.82) is 0 Å². The van der Waals surface area contributed by atoms with Crippen LogP contribution in [0.1, 0.15) is 0 Å². The fourth-order valence-corrected chi connectivity index (χ4v) is 0.295. The minimum atomic E-state index is -0.929. The van der Waals surface area contributed by atoms with E-state index >= 15 is 0 Å². The van der Waals surface area contributed by atoms with Crippen LogP contribution in [0.3, 0.4) is 0 Å². The van der Waals surface area contributed by atoms with Crippen LogP contribution in [0.2, 0.25) is 0 Å². The monoisotopic (exact) mass is 192 g/mol. The van der Waals surface area contributed by atoms with Crippen LogP contribution in [-0.2, 0) is 19.5 Å². The minimum absolute atomic E-state index is 0. The Morgan fingerprint density at radius 3 is 2.20 bits per heavy atom. The third-order valence-corrected chi connectivity index (χ3v) is 0.584. The Balaban J connectivity index is 0.000000810. The predicted molar refractivity (Wildman–Crippen MR) is 24.7 cm³/mol. The van der Waals surface area contributed by atoms with Crippen LogP contribution >= 0.6 is 0 Å². The van der Waals surface area contributed by atoms with Gasteiger partial charge in [-0.3, -0.25) is 0 Å². The normalized spacial score (nSPS) is 14.4. The van der Waals surface area contributed by atoms with E-state index in [1.807, 2.05) is 0 Å². The number of amides is 2. The maximum Gasteiger partial charge on any atom is 0.496 e. The molecule has 1 aliphatic heterocycles. The summed E-state index contributed by atoms with van der Waals surface area (Å²) in [7, 11) is 0. The van der Waals surface area contributed by atoms with Crippen molar-refractivity contribution >= 4 is 12.0 Å². The molecule has 7 nitrogen and oxygen atoms in total. The summed E-state index contributed by atoms with van der Waals surface area (Å²) < 4.78 is 0. The van der Waals surface area contributed by atoms with Gasteiger partial charge in [0.2, 0.25) is 0 Å². The van der Waals surface area contributed by atoms with Crippen LogP contribution in [0.15, 0.2) is 15.2 Å². The molecule has 0 atom stereocenters. The third kappa shape index (κ3) is 1.73. The zero-order valence-corrected chi connectivity index (χ0v) is 7.69. The molecule has 48 valence electrons. The molecule has 1 rings (SSSR count). The number of carbonyl (C=O) groups is 1.